The minimum Gasteiger partial charge on any atom is -0.376 e. The summed E-state index contributed by atoms with van der Waals surface area (Å²) in [6, 6.07) is 0. The highest BCUT2D eigenvalue weighted by Gasteiger charge is 2.22. The summed E-state index contributed by atoms with van der Waals surface area (Å²) in [7, 11) is 0. The summed E-state index contributed by atoms with van der Waals surface area (Å²) in [6.07, 6.45) is 0.176. The number of carbonyl (C=O) groups is 2. The van der Waals surface area contributed by atoms with Gasteiger partial charge in [0.15, 0.2) is 0 Å². The van der Waals surface area contributed by atoms with Crippen LogP contribution in [0.5, 0.6) is 0 Å². The monoisotopic (exact) mass is 214 g/mol. The van der Waals surface area contributed by atoms with Crippen LogP contribution in [0.1, 0.15) is 20.3 Å². The maximum Gasteiger partial charge on any atom is 0.417 e. The van der Waals surface area contributed by atoms with Gasteiger partial charge in [0.2, 0.25) is 0 Å². The third-order valence-corrected chi connectivity index (χ3v) is 2.58. The van der Waals surface area contributed by atoms with Gasteiger partial charge in [0.25, 0.3) is 0 Å². The van der Waals surface area contributed by atoms with Crippen molar-refractivity contribution in [3.63, 3.8) is 0 Å². The molecule has 1 fully saturated rings. The van der Waals surface area contributed by atoms with Crippen molar-refractivity contribution < 1.29 is 14.3 Å². The molecular weight excluding hydrogens is 196 g/mol. The summed E-state index contributed by atoms with van der Waals surface area (Å²) in [5.74, 6) is -0.641. The number of piperazine rings is 1. The van der Waals surface area contributed by atoms with E-state index in [0.29, 0.717) is 19.5 Å². The lowest BCUT2D eigenvalue weighted by Gasteiger charge is -2.26. The highest BCUT2D eigenvalue weighted by Crippen LogP contribution is 2.05. The molecule has 1 aliphatic rings. The Hall–Kier alpha value is -1.10. The lowest BCUT2D eigenvalue weighted by Crippen LogP contribution is -2.47. The van der Waals surface area contributed by atoms with Gasteiger partial charge in [0, 0.05) is 26.2 Å². The molecule has 1 atom stereocenters. The van der Waals surface area contributed by atoms with E-state index in [1.54, 1.807) is 11.8 Å². The Morgan fingerprint density at radius 2 is 2.00 bits per heavy atom. The van der Waals surface area contributed by atoms with E-state index in [0.717, 1.165) is 13.1 Å². The second-order valence-electron chi connectivity index (χ2n) is 3.73. The minimum atomic E-state index is -0.512. The van der Waals surface area contributed by atoms with Crippen molar-refractivity contribution >= 4 is 12.1 Å². The Morgan fingerprint density at radius 1 is 1.40 bits per heavy atom. The number of nitrogens with zero attached hydrogens (tertiary/aromatic N) is 1. The molecule has 5 heteroatoms. The molecule has 1 heterocycles. The maximum absolute atomic E-state index is 11.5. The van der Waals surface area contributed by atoms with Crippen LogP contribution < -0.4 is 5.32 Å². The molecule has 0 aromatic heterocycles. The Kier molecular flexibility index (Phi) is 4.55. The molecule has 1 amide bonds. The van der Waals surface area contributed by atoms with Crippen molar-refractivity contribution in [1.82, 2.24) is 10.2 Å². The van der Waals surface area contributed by atoms with E-state index in [1.807, 2.05) is 6.92 Å². The van der Waals surface area contributed by atoms with Gasteiger partial charge in [-0.2, -0.15) is 0 Å². The van der Waals surface area contributed by atoms with Crippen LogP contribution in [0.3, 0.4) is 0 Å². The number of rotatable bonds is 2. The molecule has 1 N–H and O–H groups in total. The average Bonchev–Trinajstić information content (AvgIpc) is 2.29. The van der Waals surface area contributed by atoms with Crippen LogP contribution in [0.25, 0.3) is 0 Å². The van der Waals surface area contributed by atoms with Crippen LogP contribution in [0.4, 0.5) is 4.79 Å². The van der Waals surface area contributed by atoms with Crippen LogP contribution in [0.2, 0.25) is 0 Å². The van der Waals surface area contributed by atoms with E-state index in [4.69, 9.17) is 4.74 Å². The van der Waals surface area contributed by atoms with Crippen LogP contribution in [0.15, 0.2) is 0 Å². The molecule has 0 spiro atoms. The first-order valence-electron chi connectivity index (χ1n) is 5.36. The lowest BCUT2D eigenvalue weighted by molar-refractivity contribution is -0.142. The van der Waals surface area contributed by atoms with Gasteiger partial charge in [0.05, 0.1) is 5.92 Å². The van der Waals surface area contributed by atoms with E-state index < -0.39 is 12.1 Å². The zero-order chi connectivity index (χ0) is 11.3. The van der Waals surface area contributed by atoms with Gasteiger partial charge in [-0.1, -0.05) is 13.8 Å². The van der Waals surface area contributed by atoms with Gasteiger partial charge in [-0.25, -0.2) is 4.79 Å². The topological polar surface area (TPSA) is 58.6 Å². The quantitative estimate of drug-likeness (QED) is 0.540. The second kappa shape index (κ2) is 5.70. The third kappa shape index (κ3) is 3.51. The molecule has 86 valence electrons. The molecule has 0 saturated carbocycles. The van der Waals surface area contributed by atoms with Gasteiger partial charge in [-0.15, -0.1) is 0 Å². The van der Waals surface area contributed by atoms with Crippen molar-refractivity contribution in [2.45, 2.75) is 20.3 Å². The molecule has 0 aromatic carbocycles. The Balaban J connectivity index is 2.37. The summed E-state index contributed by atoms with van der Waals surface area (Å²) in [4.78, 5) is 24.4. The number of ether oxygens (including phenoxy) is 1. The zero-order valence-electron chi connectivity index (χ0n) is 9.28. The van der Waals surface area contributed by atoms with Crippen molar-refractivity contribution in [3.05, 3.63) is 0 Å². The normalized spacial score (nSPS) is 18.4. The van der Waals surface area contributed by atoms with E-state index in [1.165, 1.54) is 0 Å². The number of hydrogen-bond acceptors (Lipinski definition) is 4. The summed E-state index contributed by atoms with van der Waals surface area (Å²) in [5.41, 5.74) is 0. The molecule has 0 aliphatic carbocycles. The standard InChI is InChI=1S/C10H18N2O3/c1-3-8(2)9(13)15-10(14)12-6-4-11-5-7-12/h8,11H,3-7H2,1-2H3/t8-/m0/s1. The first-order chi connectivity index (χ1) is 7.15. The summed E-state index contributed by atoms with van der Waals surface area (Å²) < 4.78 is 4.76. The molecule has 1 rings (SSSR count). The van der Waals surface area contributed by atoms with Gasteiger partial charge >= 0.3 is 12.1 Å². The van der Waals surface area contributed by atoms with Crippen molar-refractivity contribution in [2.75, 3.05) is 26.2 Å². The van der Waals surface area contributed by atoms with Gasteiger partial charge < -0.3 is 15.0 Å². The Bertz CT molecular complexity index is 237. The van der Waals surface area contributed by atoms with Gasteiger partial charge in [0.1, 0.15) is 0 Å². The summed E-state index contributed by atoms with van der Waals surface area (Å²) in [5, 5.41) is 3.12. The van der Waals surface area contributed by atoms with Gasteiger partial charge in [-0.3, -0.25) is 4.79 Å². The van der Waals surface area contributed by atoms with Crippen molar-refractivity contribution in [3.8, 4) is 0 Å². The van der Waals surface area contributed by atoms with E-state index in [9.17, 15) is 9.59 Å². The molecule has 1 aliphatic heterocycles. The molecular formula is C10H18N2O3. The lowest BCUT2D eigenvalue weighted by atomic mass is 10.1. The van der Waals surface area contributed by atoms with Crippen LogP contribution in [0, 0.1) is 5.92 Å². The summed E-state index contributed by atoms with van der Waals surface area (Å²) in [6.45, 7) is 6.37. The summed E-state index contributed by atoms with van der Waals surface area (Å²) >= 11 is 0. The number of hydrogen-bond donors (Lipinski definition) is 1. The van der Waals surface area contributed by atoms with E-state index in [2.05, 4.69) is 5.32 Å². The fraction of sp³-hybridized carbons (Fsp3) is 0.800. The molecule has 0 aromatic rings. The SMILES string of the molecule is CC[C@H](C)C(=O)OC(=O)N1CCNCC1. The fourth-order valence-electron chi connectivity index (χ4n) is 1.27. The molecule has 15 heavy (non-hydrogen) atoms. The number of carbonyl (C=O) groups excluding carboxylic acids is 2. The predicted molar refractivity (Wildman–Crippen MR) is 55.4 cm³/mol. The van der Waals surface area contributed by atoms with Crippen LogP contribution in [-0.2, 0) is 9.53 Å². The molecule has 0 unspecified atom stereocenters. The largest absolute Gasteiger partial charge is 0.417 e. The highest BCUT2D eigenvalue weighted by atomic mass is 16.6. The number of nitrogens with one attached hydrogen (secondary N) is 1. The Labute approximate surface area is 89.8 Å². The van der Waals surface area contributed by atoms with E-state index >= 15 is 0 Å². The van der Waals surface area contributed by atoms with Crippen LogP contribution >= 0.6 is 0 Å². The highest BCUT2D eigenvalue weighted by molar-refractivity contribution is 5.85. The molecule has 0 radical (unpaired) electrons. The minimum absolute atomic E-state index is 0.211. The smallest absolute Gasteiger partial charge is 0.376 e. The first-order valence-corrected chi connectivity index (χ1v) is 5.36. The predicted octanol–water partition coefficient (Wildman–Crippen LogP) is 0.601. The van der Waals surface area contributed by atoms with Crippen molar-refractivity contribution in [2.24, 2.45) is 5.92 Å². The number of amides is 1. The van der Waals surface area contributed by atoms with Crippen molar-refractivity contribution in [1.29, 1.82) is 0 Å². The van der Waals surface area contributed by atoms with E-state index in [-0.39, 0.29) is 5.92 Å². The third-order valence-electron chi connectivity index (χ3n) is 2.58. The molecule has 0 bridgehead atoms. The average molecular weight is 214 g/mol. The molecule has 1 saturated heterocycles. The molecule has 5 nitrogen and oxygen atoms in total. The number of esters is 1. The second-order valence-corrected chi connectivity index (χ2v) is 3.73. The first kappa shape index (κ1) is 12.0. The fourth-order valence-corrected chi connectivity index (χ4v) is 1.27. The van der Waals surface area contributed by atoms with Crippen LogP contribution in [-0.4, -0.2) is 43.1 Å². The zero-order valence-corrected chi connectivity index (χ0v) is 9.28. The van der Waals surface area contributed by atoms with Gasteiger partial charge in [-0.05, 0) is 6.42 Å². The Morgan fingerprint density at radius 3 is 2.53 bits per heavy atom. The maximum atomic E-state index is 11.5.